The number of rotatable bonds is 7. The highest BCUT2D eigenvalue weighted by Gasteiger charge is 2.46. The van der Waals surface area contributed by atoms with Crippen molar-refractivity contribution in [2.45, 2.75) is 25.8 Å². The fraction of sp³-hybridized carbons (Fsp3) is 0.304. The Morgan fingerprint density at radius 2 is 1.62 bits per heavy atom. The van der Waals surface area contributed by atoms with Crippen LogP contribution >= 0.6 is 0 Å². The molecule has 1 saturated heterocycles. The maximum Gasteiger partial charge on any atom is 0.295 e. The molecule has 0 saturated carbocycles. The summed E-state index contributed by atoms with van der Waals surface area (Å²) in [6.45, 7) is 2.45. The third-order valence-corrected chi connectivity index (χ3v) is 5.07. The highest BCUT2D eigenvalue weighted by atomic mass is 16.5. The summed E-state index contributed by atoms with van der Waals surface area (Å²) in [7, 11) is 2.94. The van der Waals surface area contributed by atoms with E-state index in [1.54, 1.807) is 18.2 Å². The first kappa shape index (κ1) is 20.5. The number of carbonyl (C=O) groups excluding carboxylic acids is 2. The molecule has 29 heavy (non-hydrogen) atoms. The van der Waals surface area contributed by atoms with Gasteiger partial charge in [0.1, 0.15) is 22.8 Å². The number of ketones is 1. The lowest BCUT2D eigenvalue weighted by Crippen LogP contribution is -2.30. The zero-order valence-electron chi connectivity index (χ0n) is 16.8. The second-order valence-corrected chi connectivity index (χ2v) is 6.79. The SMILES string of the molecule is CCCCN1C(=O)C(=O)/C(=C(/O)c2c(OC)cccc2OC)C1c1ccccc1. The van der Waals surface area contributed by atoms with Crippen molar-refractivity contribution < 1.29 is 24.2 Å². The molecule has 1 amide bonds. The number of hydrogen-bond donors (Lipinski definition) is 1. The molecule has 0 bridgehead atoms. The topological polar surface area (TPSA) is 76.1 Å². The van der Waals surface area contributed by atoms with Gasteiger partial charge in [0.2, 0.25) is 0 Å². The summed E-state index contributed by atoms with van der Waals surface area (Å²) in [6.07, 6.45) is 1.64. The number of aliphatic hydroxyl groups excluding tert-OH is 1. The van der Waals surface area contributed by atoms with Gasteiger partial charge in [-0.2, -0.15) is 0 Å². The molecule has 1 N–H and O–H groups in total. The summed E-state index contributed by atoms with van der Waals surface area (Å²) in [5, 5.41) is 11.2. The molecule has 2 aromatic rings. The van der Waals surface area contributed by atoms with Gasteiger partial charge >= 0.3 is 0 Å². The van der Waals surface area contributed by atoms with E-state index in [1.165, 1.54) is 19.1 Å². The van der Waals surface area contributed by atoms with Gasteiger partial charge in [0.15, 0.2) is 0 Å². The number of nitrogens with zero attached hydrogens (tertiary/aromatic N) is 1. The van der Waals surface area contributed by atoms with Gasteiger partial charge in [-0.1, -0.05) is 49.7 Å². The molecule has 6 heteroatoms. The summed E-state index contributed by atoms with van der Waals surface area (Å²) in [6, 6.07) is 13.7. The van der Waals surface area contributed by atoms with E-state index in [0.717, 1.165) is 18.4 Å². The highest BCUT2D eigenvalue weighted by Crippen LogP contribution is 2.43. The van der Waals surface area contributed by atoms with Crippen LogP contribution in [0.3, 0.4) is 0 Å². The Morgan fingerprint density at radius 3 is 2.17 bits per heavy atom. The number of hydrogen-bond acceptors (Lipinski definition) is 5. The van der Waals surface area contributed by atoms with Crippen LogP contribution in [0.2, 0.25) is 0 Å². The Labute approximate surface area is 170 Å². The van der Waals surface area contributed by atoms with E-state index in [0.29, 0.717) is 18.0 Å². The van der Waals surface area contributed by atoms with Gasteiger partial charge < -0.3 is 19.5 Å². The number of amides is 1. The van der Waals surface area contributed by atoms with E-state index in [-0.39, 0.29) is 16.9 Å². The Morgan fingerprint density at radius 1 is 1.00 bits per heavy atom. The van der Waals surface area contributed by atoms with Gasteiger partial charge in [0.05, 0.1) is 25.8 Å². The van der Waals surface area contributed by atoms with Crippen molar-refractivity contribution in [2.75, 3.05) is 20.8 Å². The molecule has 3 rings (SSSR count). The monoisotopic (exact) mass is 395 g/mol. The first-order valence-corrected chi connectivity index (χ1v) is 9.59. The minimum Gasteiger partial charge on any atom is -0.506 e. The predicted molar refractivity (Wildman–Crippen MR) is 110 cm³/mol. The summed E-state index contributed by atoms with van der Waals surface area (Å²) in [5.41, 5.74) is 1.06. The van der Waals surface area contributed by atoms with Crippen LogP contribution in [0.25, 0.3) is 5.76 Å². The van der Waals surface area contributed by atoms with E-state index in [4.69, 9.17) is 9.47 Å². The summed E-state index contributed by atoms with van der Waals surface area (Å²) in [5.74, 6) is -0.907. The second-order valence-electron chi connectivity index (χ2n) is 6.79. The smallest absolute Gasteiger partial charge is 0.295 e. The van der Waals surface area contributed by atoms with Crippen molar-refractivity contribution in [3.63, 3.8) is 0 Å². The number of carbonyl (C=O) groups is 2. The van der Waals surface area contributed by atoms with E-state index in [9.17, 15) is 14.7 Å². The largest absolute Gasteiger partial charge is 0.506 e. The molecule has 1 atom stereocenters. The third kappa shape index (κ3) is 3.70. The van der Waals surface area contributed by atoms with E-state index in [2.05, 4.69) is 0 Å². The van der Waals surface area contributed by atoms with Crippen LogP contribution in [-0.2, 0) is 9.59 Å². The van der Waals surface area contributed by atoms with Crippen molar-refractivity contribution in [2.24, 2.45) is 0 Å². The number of Topliss-reactive ketones (excluding diaryl/α,β-unsaturated/α-hetero) is 1. The van der Waals surface area contributed by atoms with E-state index >= 15 is 0 Å². The Hall–Kier alpha value is -3.28. The standard InChI is InChI=1S/C23H25NO5/c1-4-5-14-24-20(15-10-7-6-8-11-15)19(22(26)23(24)27)21(25)18-16(28-2)12-9-13-17(18)29-3/h6-13,20,25H,4-5,14H2,1-3H3/b21-19+. The van der Waals surface area contributed by atoms with Crippen LogP contribution in [-0.4, -0.2) is 42.5 Å². The first-order chi connectivity index (χ1) is 14.0. The molecule has 1 aliphatic heterocycles. The molecular weight excluding hydrogens is 370 g/mol. The van der Waals surface area contributed by atoms with Gasteiger partial charge in [0.25, 0.3) is 11.7 Å². The highest BCUT2D eigenvalue weighted by molar-refractivity contribution is 6.46. The molecule has 2 aromatic carbocycles. The Kier molecular flexibility index (Phi) is 6.22. The number of ether oxygens (including phenoxy) is 2. The summed E-state index contributed by atoms with van der Waals surface area (Å²) in [4.78, 5) is 27.3. The Balaban J connectivity index is 2.25. The number of aliphatic hydroxyl groups is 1. The number of benzene rings is 2. The lowest BCUT2D eigenvalue weighted by molar-refractivity contribution is -0.139. The molecule has 1 heterocycles. The maximum absolute atomic E-state index is 13.0. The van der Waals surface area contributed by atoms with E-state index < -0.39 is 17.7 Å². The van der Waals surface area contributed by atoms with Crippen molar-refractivity contribution >= 4 is 17.4 Å². The van der Waals surface area contributed by atoms with Gasteiger partial charge in [-0.25, -0.2) is 0 Å². The molecule has 0 spiro atoms. The van der Waals surface area contributed by atoms with Crippen molar-refractivity contribution in [1.82, 2.24) is 4.90 Å². The lowest BCUT2D eigenvalue weighted by atomic mass is 9.94. The number of unbranched alkanes of at least 4 members (excludes halogenated alkanes) is 1. The number of likely N-dealkylation sites (tertiary alicyclic amines) is 1. The molecule has 152 valence electrons. The van der Waals surface area contributed by atoms with Crippen LogP contribution < -0.4 is 9.47 Å². The van der Waals surface area contributed by atoms with Crippen LogP contribution in [0.4, 0.5) is 0 Å². The average molecular weight is 395 g/mol. The van der Waals surface area contributed by atoms with Gasteiger partial charge in [0, 0.05) is 6.54 Å². The molecule has 6 nitrogen and oxygen atoms in total. The predicted octanol–water partition coefficient (Wildman–Crippen LogP) is 3.93. The first-order valence-electron chi connectivity index (χ1n) is 9.59. The van der Waals surface area contributed by atoms with Gasteiger partial charge in [-0.15, -0.1) is 0 Å². The summed E-state index contributed by atoms with van der Waals surface area (Å²) < 4.78 is 10.8. The van der Waals surface area contributed by atoms with Crippen LogP contribution in [0, 0.1) is 0 Å². The summed E-state index contributed by atoms with van der Waals surface area (Å²) >= 11 is 0. The average Bonchev–Trinajstić information content (AvgIpc) is 3.01. The molecule has 0 aliphatic carbocycles. The fourth-order valence-electron chi connectivity index (χ4n) is 3.64. The maximum atomic E-state index is 13.0. The molecule has 0 radical (unpaired) electrons. The van der Waals surface area contributed by atoms with Crippen LogP contribution in [0.1, 0.15) is 36.9 Å². The number of methoxy groups -OCH3 is 2. The van der Waals surface area contributed by atoms with Crippen molar-refractivity contribution in [1.29, 1.82) is 0 Å². The fourth-order valence-corrected chi connectivity index (χ4v) is 3.64. The molecular formula is C23H25NO5. The minimum absolute atomic E-state index is 0.0418. The normalized spacial score (nSPS) is 18.2. The molecule has 1 unspecified atom stereocenters. The van der Waals surface area contributed by atoms with Crippen LogP contribution in [0.5, 0.6) is 11.5 Å². The molecule has 1 fully saturated rings. The Bertz CT molecular complexity index is 913. The lowest BCUT2D eigenvalue weighted by Gasteiger charge is -2.25. The van der Waals surface area contributed by atoms with Crippen molar-refractivity contribution in [3.05, 3.63) is 65.2 Å². The van der Waals surface area contributed by atoms with E-state index in [1.807, 2.05) is 37.3 Å². The zero-order valence-corrected chi connectivity index (χ0v) is 16.8. The van der Waals surface area contributed by atoms with Crippen molar-refractivity contribution in [3.8, 4) is 11.5 Å². The quantitative estimate of drug-likeness (QED) is 0.437. The zero-order chi connectivity index (χ0) is 21.0. The molecule has 1 aliphatic rings. The van der Waals surface area contributed by atoms with Gasteiger partial charge in [-0.3, -0.25) is 9.59 Å². The second kappa shape index (κ2) is 8.82. The minimum atomic E-state index is -0.708. The third-order valence-electron chi connectivity index (χ3n) is 5.07. The van der Waals surface area contributed by atoms with Gasteiger partial charge in [-0.05, 0) is 24.1 Å². The molecule has 0 aromatic heterocycles. The van der Waals surface area contributed by atoms with Crippen LogP contribution in [0.15, 0.2) is 54.1 Å².